The van der Waals surface area contributed by atoms with Crippen molar-refractivity contribution < 1.29 is 0 Å². The third-order valence-electron chi connectivity index (χ3n) is 2.90. The number of hydrogen-bond acceptors (Lipinski definition) is 2. The van der Waals surface area contributed by atoms with Crippen molar-refractivity contribution in [1.29, 1.82) is 5.26 Å². The van der Waals surface area contributed by atoms with Crippen LogP contribution in [0.15, 0.2) is 30.3 Å². The zero-order valence-electron chi connectivity index (χ0n) is 10.5. The molecule has 2 heteroatoms. The van der Waals surface area contributed by atoms with Gasteiger partial charge in [-0.25, -0.2) is 0 Å². The standard InChI is InChI=1S/C14H20N2/c1-11(2)13(10-15)14(16(3)4)12-8-6-5-7-9-12/h5-9,11,13-14H,1-4H3. The molecule has 0 bridgehead atoms. The minimum absolute atomic E-state index is 0.0254. The number of benzene rings is 1. The summed E-state index contributed by atoms with van der Waals surface area (Å²) in [6.07, 6.45) is 0. The molecular formula is C14H20N2. The molecule has 16 heavy (non-hydrogen) atoms. The van der Waals surface area contributed by atoms with Crippen molar-refractivity contribution in [1.82, 2.24) is 4.90 Å². The molecule has 0 N–H and O–H groups in total. The van der Waals surface area contributed by atoms with Gasteiger partial charge in [0.1, 0.15) is 0 Å². The Balaban J connectivity index is 3.05. The lowest BCUT2D eigenvalue weighted by Gasteiger charge is -2.31. The maximum atomic E-state index is 9.30. The Kier molecular flexibility index (Phi) is 4.52. The van der Waals surface area contributed by atoms with E-state index in [1.807, 2.05) is 32.3 Å². The Morgan fingerprint density at radius 1 is 1.12 bits per heavy atom. The van der Waals surface area contributed by atoms with Gasteiger partial charge in [0, 0.05) is 0 Å². The first-order chi connectivity index (χ1) is 7.57. The summed E-state index contributed by atoms with van der Waals surface area (Å²) >= 11 is 0. The fourth-order valence-electron chi connectivity index (χ4n) is 2.06. The molecule has 0 aromatic heterocycles. The average molecular weight is 216 g/mol. The van der Waals surface area contributed by atoms with Crippen LogP contribution < -0.4 is 0 Å². The van der Waals surface area contributed by atoms with Gasteiger partial charge < -0.3 is 4.90 Å². The minimum Gasteiger partial charge on any atom is -0.301 e. The van der Waals surface area contributed by atoms with Crippen molar-refractivity contribution in [2.45, 2.75) is 19.9 Å². The highest BCUT2D eigenvalue weighted by molar-refractivity contribution is 5.21. The van der Waals surface area contributed by atoms with Gasteiger partial charge in [0.2, 0.25) is 0 Å². The van der Waals surface area contributed by atoms with Gasteiger partial charge in [-0.05, 0) is 25.6 Å². The van der Waals surface area contributed by atoms with Gasteiger partial charge in [0.15, 0.2) is 0 Å². The lowest BCUT2D eigenvalue weighted by atomic mass is 9.85. The van der Waals surface area contributed by atoms with Crippen LogP contribution in [-0.4, -0.2) is 19.0 Å². The van der Waals surface area contributed by atoms with Gasteiger partial charge in [-0.2, -0.15) is 5.26 Å². The molecular weight excluding hydrogens is 196 g/mol. The Morgan fingerprint density at radius 3 is 2.06 bits per heavy atom. The highest BCUT2D eigenvalue weighted by atomic mass is 15.1. The Morgan fingerprint density at radius 2 is 1.69 bits per heavy atom. The number of rotatable bonds is 4. The highest BCUT2D eigenvalue weighted by Gasteiger charge is 2.27. The summed E-state index contributed by atoms with van der Waals surface area (Å²) in [6.45, 7) is 4.21. The van der Waals surface area contributed by atoms with Gasteiger partial charge in [-0.3, -0.25) is 0 Å². The Hall–Kier alpha value is -1.33. The van der Waals surface area contributed by atoms with Gasteiger partial charge in [-0.15, -0.1) is 0 Å². The van der Waals surface area contributed by atoms with Crippen LogP contribution in [0.2, 0.25) is 0 Å². The van der Waals surface area contributed by atoms with E-state index in [2.05, 4.69) is 36.9 Å². The molecule has 1 aromatic carbocycles. The summed E-state index contributed by atoms with van der Waals surface area (Å²) in [6, 6.07) is 12.9. The van der Waals surface area contributed by atoms with Crippen LogP contribution in [0.5, 0.6) is 0 Å². The van der Waals surface area contributed by atoms with Crippen LogP contribution in [-0.2, 0) is 0 Å². The normalized spacial score (nSPS) is 14.8. The highest BCUT2D eigenvalue weighted by Crippen LogP contribution is 2.31. The first-order valence-electron chi connectivity index (χ1n) is 5.69. The number of nitriles is 1. The second kappa shape index (κ2) is 5.67. The van der Waals surface area contributed by atoms with Gasteiger partial charge in [0.05, 0.1) is 18.0 Å². The molecule has 2 nitrogen and oxygen atoms in total. The lowest BCUT2D eigenvalue weighted by Crippen LogP contribution is -2.29. The minimum atomic E-state index is 0.0254. The fourth-order valence-corrected chi connectivity index (χ4v) is 2.06. The average Bonchev–Trinajstić information content (AvgIpc) is 2.25. The molecule has 1 rings (SSSR count). The van der Waals surface area contributed by atoms with Crippen LogP contribution in [0.4, 0.5) is 0 Å². The van der Waals surface area contributed by atoms with E-state index in [1.165, 1.54) is 5.56 Å². The summed E-state index contributed by atoms with van der Waals surface area (Å²) in [5.74, 6) is 0.384. The van der Waals surface area contributed by atoms with Crippen LogP contribution in [0.3, 0.4) is 0 Å². The maximum Gasteiger partial charge on any atom is 0.0683 e. The van der Waals surface area contributed by atoms with E-state index < -0.39 is 0 Å². The van der Waals surface area contributed by atoms with Gasteiger partial charge in [-0.1, -0.05) is 44.2 Å². The predicted molar refractivity (Wildman–Crippen MR) is 66.8 cm³/mol. The molecule has 0 saturated carbocycles. The fraction of sp³-hybridized carbons (Fsp3) is 0.500. The van der Waals surface area contributed by atoms with Crippen molar-refractivity contribution in [2.24, 2.45) is 11.8 Å². The van der Waals surface area contributed by atoms with Crippen LogP contribution in [0, 0.1) is 23.2 Å². The van der Waals surface area contributed by atoms with Crippen molar-refractivity contribution in [3.8, 4) is 6.07 Å². The maximum absolute atomic E-state index is 9.30. The molecule has 0 aliphatic heterocycles. The smallest absolute Gasteiger partial charge is 0.0683 e. The van der Waals surface area contributed by atoms with Gasteiger partial charge >= 0.3 is 0 Å². The van der Waals surface area contributed by atoms with Crippen LogP contribution >= 0.6 is 0 Å². The largest absolute Gasteiger partial charge is 0.301 e. The molecule has 0 heterocycles. The van der Waals surface area contributed by atoms with Gasteiger partial charge in [0.25, 0.3) is 0 Å². The van der Waals surface area contributed by atoms with Crippen molar-refractivity contribution >= 4 is 0 Å². The van der Waals surface area contributed by atoms with E-state index in [9.17, 15) is 5.26 Å². The second-order valence-corrected chi connectivity index (χ2v) is 4.72. The summed E-state index contributed by atoms with van der Waals surface area (Å²) in [5, 5.41) is 9.30. The summed E-state index contributed by atoms with van der Waals surface area (Å²) < 4.78 is 0. The topological polar surface area (TPSA) is 27.0 Å². The molecule has 0 spiro atoms. The molecule has 0 aliphatic carbocycles. The number of hydrogen-bond donors (Lipinski definition) is 0. The summed E-state index contributed by atoms with van der Waals surface area (Å²) in [7, 11) is 4.06. The van der Waals surface area contributed by atoms with Crippen molar-refractivity contribution in [3.63, 3.8) is 0 Å². The van der Waals surface area contributed by atoms with E-state index in [0.29, 0.717) is 5.92 Å². The third kappa shape index (κ3) is 2.84. The van der Waals surface area contributed by atoms with E-state index >= 15 is 0 Å². The van der Waals surface area contributed by atoms with E-state index in [0.717, 1.165) is 0 Å². The molecule has 0 amide bonds. The molecule has 0 radical (unpaired) electrons. The first-order valence-corrected chi connectivity index (χ1v) is 5.69. The second-order valence-electron chi connectivity index (χ2n) is 4.72. The first kappa shape index (κ1) is 12.7. The molecule has 86 valence electrons. The molecule has 2 atom stereocenters. The quantitative estimate of drug-likeness (QED) is 0.773. The molecule has 0 fully saturated rings. The van der Waals surface area contributed by atoms with E-state index in [1.54, 1.807) is 0 Å². The summed E-state index contributed by atoms with van der Waals surface area (Å²) in [4.78, 5) is 2.13. The summed E-state index contributed by atoms with van der Waals surface area (Å²) in [5.41, 5.74) is 1.22. The van der Waals surface area contributed by atoms with Crippen LogP contribution in [0.1, 0.15) is 25.5 Å². The lowest BCUT2D eigenvalue weighted by molar-refractivity contribution is 0.210. The molecule has 1 aromatic rings. The monoisotopic (exact) mass is 216 g/mol. The van der Waals surface area contributed by atoms with Crippen molar-refractivity contribution in [3.05, 3.63) is 35.9 Å². The zero-order chi connectivity index (χ0) is 12.1. The molecule has 0 saturated heterocycles. The zero-order valence-corrected chi connectivity index (χ0v) is 10.5. The number of nitrogens with zero attached hydrogens (tertiary/aromatic N) is 2. The SMILES string of the molecule is CC(C)C(C#N)C(c1ccccc1)N(C)C. The Bertz CT molecular complexity index is 349. The van der Waals surface area contributed by atoms with E-state index in [-0.39, 0.29) is 12.0 Å². The predicted octanol–water partition coefficient (Wildman–Crippen LogP) is 3.09. The Labute approximate surface area is 98.5 Å². The van der Waals surface area contributed by atoms with Crippen LogP contribution in [0.25, 0.3) is 0 Å². The third-order valence-corrected chi connectivity index (χ3v) is 2.90. The van der Waals surface area contributed by atoms with E-state index in [4.69, 9.17) is 0 Å². The molecule has 2 unspecified atom stereocenters. The molecule has 0 aliphatic rings. The van der Waals surface area contributed by atoms with Crippen molar-refractivity contribution in [2.75, 3.05) is 14.1 Å².